The third kappa shape index (κ3) is 2.78. The molecule has 1 N–H and O–H groups in total. The lowest BCUT2D eigenvalue weighted by Gasteiger charge is -2.57. The lowest BCUT2D eigenvalue weighted by atomic mass is 9.48. The fourth-order valence-corrected chi connectivity index (χ4v) is 6.57. The molecule has 0 unspecified atom stereocenters. The molecule has 0 saturated heterocycles. The Bertz CT molecular complexity index is 852. The average Bonchev–Trinajstić information content (AvgIpc) is 2.66. The van der Waals surface area contributed by atoms with Crippen LogP contribution < -0.4 is 0 Å². The number of aliphatic hydroxyl groups excluding tert-OH is 1. The van der Waals surface area contributed by atoms with Crippen LogP contribution in [0, 0.1) is 27.9 Å². The van der Waals surface area contributed by atoms with Gasteiger partial charge in [-0.2, -0.15) is 0 Å². The minimum atomic E-state index is -0.418. The van der Waals surface area contributed by atoms with Gasteiger partial charge in [0.15, 0.2) is 0 Å². The second kappa shape index (κ2) is 6.16. The predicted octanol–water partition coefficient (Wildman–Crippen LogP) is 5.22. The number of nitrogens with zero attached hydrogens (tertiary/aromatic N) is 1. The molecule has 0 aromatic heterocycles. The van der Waals surface area contributed by atoms with Crippen LogP contribution in [-0.2, 0) is 12.0 Å². The molecule has 4 nitrogen and oxygen atoms in total. The Balaban J connectivity index is 1.47. The molecule has 2 aromatic rings. The number of benzene rings is 2. The predicted molar refractivity (Wildman–Crippen MR) is 104 cm³/mol. The molecule has 0 atom stereocenters. The number of hydrogen-bond donors (Lipinski definition) is 1. The summed E-state index contributed by atoms with van der Waals surface area (Å²) < 4.78 is 0. The number of nitro benzene ring substituents is 1. The van der Waals surface area contributed by atoms with Gasteiger partial charge in [-0.05, 0) is 90.0 Å². The molecule has 0 radical (unpaired) electrons. The molecule has 140 valence electrons. The Morgan fingerprint density at radius 1 is 0.963 bits per heavy atom. The molecule has 6 rings (SSSR count). The van der Waals surface area contributed by atoms with Crippen molar-refractivity contribution in [3.63, 3.8) is 0 Å². The van der Waals surface area contributed by atoms with Crippen molar-refractivity contribution in [1.82, 2.24) is 0 Å². The molecule has 4 saturated carbocycles. The van der Waals surface area contributed by atoms with E-state index in [1.54, 1.807) is 6.07 Å². The van der Waals surface area contributed by atoms with Crippen molar-refractivity contribution in [2.75, 3.05) is 0 Å². The van der Waals surface area contributed by atoms with Crippen LogP contribution in [0.25, 0.3) is 11.1 Å². The van der Waals surface area contributed by atoms with E-state index in [2.05, 4.69) is 24.3 Å². The van der Waals surface area contributed by atoms with Crippen LogP contribution >= 0.6 is 0 Å². The Morgan fingerprint density at radius 3 is 2.07 bits per heavy atom. The zero-order valence-corrected chi connectivity index (χ0v) is 15.4. The Hall–Kier alpha value is -2.20. The fourth-order valence-electron chi connectivity index (χ4n) is 6.57. The third-order valence-corrected chi connectivity index (χ3v) is 7.32. The molecule has 0 heterocycles. The maximum atomic E-state index is 11.0. The maximum absolute atomic E-state index is 11.0. The van der Waals surface area contributed by atoms with Crippen molar-refractivity contribution in [3.8, 4) is 11.1 Å². The van der Waals surface area contributed by atoms with Gasteiger partial charge in [0.25, 0.3) is 5.69 Å². The van der Waals surface area contributed by atoms with Crippen molar-refractivity contribution in [1.29, 1.82) is 0 Å². The molecular weight excluding hydrogens is 338 g/mol. The Morgan fingerprint density at radius 2 is 1.56 bits per heavy atom. The van der Waals surface area contributed by atoms with Gasteiger partial charge in [-0.1, -0.05) is 24.3 Å². The van der Waals surface area contributed by atoms with E-state index in [0.29, 0.717) is 11.0 Å². The van der Waals surface area contributed by atoms with Crippen molar-refractivity contribution >= 4 is 5.69 Å². The molecule has 0 amide bonds. The first-order valence-electron chi connectivity index (χ1n) is 10.1. The Labute approximate surface area is 159 Å². The number of aliphatic hydroxyl groups is 1. The summed E-state index contributed by atoms with van der Waals surface area (Å²) in [5, 5.41) is 20.7. The zero-order chi connectivity index (χ0) is 18.6. The van der Waals surface area contributed by atoms with Crippen LogP contribution in [-0.4, -0.2) is 10.0 Å². The minimum absolute atomic E-state index is 0.0213. The summed E-state index contributed by atoms with van der Waals surface area (Å²) in [5.74, 6) is 2.77. The molecule has 4 bridgehead atoms. The molecule has 4 fully saturated rings. The van der Waals surface area contributed by atoms with Gasteiger partial charge < -0.3 is 5.11 Å². The van der Waals surface area contributed by atoms with Gasteiger partial charge in [0.2, 0.25) is 0 Å². The average molecular weight is 363 g/mol. The van der Waals surface area contributed by atoms with Gasteiger partial charge >= 0.3 is 0 Å². The summed E-state index contributed by atoms with van der Waals surface area (Å²) in [5.41, 5.74) is 4.36. The number of hydrogen-bond acceptors (Lipinski definition) is 3. The van der Waals surface area contributed by atoms with E-state index in [1.807, 2.05) is 0 Å². The van der Waals surface area contributed by atoms with Gasteiger partial charge in [0.1, 0.15) is 0 Å². The largest absolute Gasteiger partial charge is 0.392 e. The van der Waals surface area contributed by atoms with Gasteiger partial charge in [-0.3, -0.25) is 10.1 Å². The molecule has 2 aromatic carbocycles. The summed E-state index contributed by atoms with van der Waals surface area (Å²) in [4.78, 5) is 10.6. The summed E-state index contributed by atoms with van der Waals surface area (Å²) >= 11 is 0. The first kappa shape index (κ1) is 16.9. The summed E-state index contributed by atoms with van der Waals surface area (Å²) in [7, 11) is 0. The quantitative estimate of drug-likeness (QED) is 0.598. The number of nitro groups is 1. The van der Waals surface area contributed by atoms with Crippen molar-refractivity contribution in [2.24, 2.45) is 17.8 Å². The second-order valence-corrected chi connectivity index (χ2v) is 9.03. The van der Waals surface area contributed by atoms with Gasteiger partial charge in [-0.25, -0.2) is 0 Å². The maximum Gasteiger partial charge on any atom is 0.269 e. The van der Waals surface area contributed by atoms with E-state index in [1.165, 1.54) is 56.2 Å². The summed E-state index contributed by atoms with van der Waals surface area (Å²) in [6.07, 6.45) is 8.37. The van der Waals surface area contributed by atoms with Crippen LogP contribution in [0.3, 0.4) is 0 Å². The van der Waals surface area contributed by atoms with Crippen LogP contribution in [0.5, 0.6) is 0 Å². The van der Waals surface area contributed by atoms with Crippen LogP contribution in [0.15, 0.2) is 42.5 Å². The first-order valence-corrected chi connectivity index (χ1v) is 10.1. The highest BCUT2D eigenvalue weighted by atomic mass is 16.6. The van der Waals surface area contributed by atoms with E-state index in [0.717, 1.165) is 28.9 Å². The number of rotatable bonds is 4. The molecule has 0 spiro atoms. The zero-order valence-electron chi connectivity index (χ0n) is 15.4. The molecule has 4 aliphatic rings. The van der Waals surface area contributed by atoms with Gasteiger partial charge in [0.05, 0.1) is 11.5 Å². The second-order valence-electron chi connectivity index (χ2n) is 9.03. The van der Waals surface area contributed by atoms with Crippen molar-refractivity contribution in [3.05, 3.63) is 63.7 Å². The molecule has 27 heavy (non-hydrogen) atoms. The van der Waals surface area contributed by atoms with Crippen LogP contribution in [0.4, 0.5) is 5.69 Å². The van der Waals surface area contributed by atoms with Crippen molar-refractivity contribution in [2.45, 2.75) is 50.5 Å². The minimum Gasteiger partial charge on any atom is -0.392 e. The monoisotopic (exact) mass is 363 g/mol. The van der Waals surface area contributed by atoms with Gasteiger partial charge in [-0.15, -0.1) is 0 Å². The molecule has 4 aliphatic carbocycles. The third-order valence-electron chi connectivity index (χ3n) is 7.32. The van der Waals surface area contributed by atoms with Crippen LogP contribution in [0.2, 0.25) is 0 Å². The van der Waals surface area contributed by atoms with Crippen LogP contribution in [0.1, 0.15) is 49.7 Å². The fraction of sp³-hybridized carbons (Fsp3) is 0.478. The normalized spacial score (nSPS) is 31.2. The van der Waals surface area contributed by atoms with Crippen molar-refractivity contribution < 1.29 is 10.0 Å². The van der Waals surface area contributed by atoms with E-state index in [9.17, 15) is 15.2 Å². The molecule has 4 heteroatoms. The highest BCUT2D eigenvalue weighted by Crippen LogP contribution is 2.60. The summed E-state index contributed by atoms with van der Waals surface area (Å²) in [6.45, 7) is -0.201. The lowest BCUT2D eigenvalue weighted by Crippen LogP contribution is -2.48. The van der Waals surface area contributed by atoms with E-state index in [4.69, 9.17) is 0 Å². The number of non-ortho nitro benzene ring substituents is 1. The highest BCUT2D eigenvalue weighted by molar-refractivity contribution is 5.69. The van der Waals surface area contributed by atoms with E-state index < -0.39 is 4.92 Å². The highest BCUT2D eigenvalue weighted by Gasteiger charge is 2.51. The van der Waals surface area contributed by atoms with E-state index in [-0.39, 0.29) is 12.3 Å². The smallest absolute Gasteiger partial charge is 0.269 e. The standard InChI is InChI=1S/C23H25NO3/c25-14-19-10-21(24(26)27)5-6-22(19)18-1-3-20(4-2-18)23-11-15-7-16(12-23)9-17(8-15)13-23/h1-6,10,15-17,25H,7-9,11-14H2. The van der Waals surface area contributed by atoms with E-state index >= 15 is 0 Å². The Kier molecular flexibility index (Phi) is 3.87. The molecular formula is C23H25NO3. The lowest BCUT2D eigenvalue weighted by molar-refractivity contribution is -0.384. The first-order chi connectivity index (χ1) is 13.1. The summed E-state index contributed by atoms with van der Waals surface area (Å²) in [6, 6.07) is 13.5. The molecule has 0 aliphatic heterocycles. The topological polar surface area (TPSA) is 63.4 Å². The SMILES string of the molecule is O=[N+]([O-])c1ccc(-c2ccc(C34CC5CC(CC(C5)C3)C4)cc2)c(CO)c1. The van der Waals surface area contributed by atoms with Gasteiger partial charge in [0, 0.05) is 12.1 Å².